The van der Waals surface area contributed by atoms with E-state index in [0.29, 0.717) is 10.8 Å². The number of nitrogens with zero attached hydrogens (tertiary/aromatic N) is 2. The second kappa shape index (κ2) is 9.35. The van der Waals surface area contributed by atoms with Gasteiger partial charge in [-0.3, -0.25) is 9.59 Å². The normalized spacial score (nSPS) is 12.0. The molecule has 3 aromatic rings. The summed E-state index contributed by atoms with van der Waals surface area (Å²) in [6.45, 7) is 5.67. The van der Waals surface area contributed by atoms with Gasteiger partial charge in [-0.1, -0.05) is 62.4 Å². The van der Waals surface area contributed by atoms with E-state index < -0.39 is 12.6 Å². The minimum absolute atomic E-state index is 0.00541. The number of carbonyl (C=O) groups is 2. The average Bonchev–Trinajstić information content (AvgIpc) is 2.74. The van der Waals surface area contributed by atoms with E-state index in [2.05, 4.69) is 10.4 Å². The molecule has 0 aliphatic carbocycles. The average molecular weight is 407 g/mol. The van der Waals surface area contributed by atoms with Crippen LogP contribution < -0.4 is 10.9 Å². The summed E-state index contributed by atoms with van der Waals surface area (Å²) in [6.07, 6.45) is 0. The fourth-order valence-corrected chi connectivity index (χ4v) is 2.91. The van der Waals surface area contributed by atoms with E-state index >= 15 is 0 Å². The standard InChI is InChI=1S/C23H25N3O4/c1-15(2)16(3)24-20(27)14-30-23(29)21-18-11-7-8-12-19(18)22(28)26(25-21)13-17-9-5-4-6-10-17/h4-12,15-16H,13-14H2,1-3H3,(H,24,27). The van der Waals surface area contributed by atoms with Crippen molar-refractivity contribution in [3.8, 4) is 0 Å². The second-order valence-corrected chi connectivity index (χ2v) is 7.52. The fourth-order valence-electron chi connectivity index (χ4n) is 2.91. The minimum Gasteiger partial charge on any atom is -0.451 e. The van der Waals surface area contributed by atoms with Crippen LogP contribution in [0.3, 0.4) is 0 Å². The summed E-state index contributed by atoms with van der Waals surface area (Å²) in [6, 6.07) is 16.1. The first-order chi connectivity index (χ1) is 14.4. The lowest BCUT2D eigenvalue weighted by Gasteiger charge is -2.17. The van der Waals surface area contributed by atoms with Crippen LogP contribution in [0.2, 0.25) is 0 Å². The van der Waals surface area contributed by atoms with E-state index in [0.717, 1.165) is 5.56 Å². The molecule has 1 heterocycles. The number of rotatable bonds is 7. The molecule has 0 aliphatic heterocycles. The number of nitrogens with one attached hydrogen (secondary N) is 1. The highest BCUT2D eigenvalue weighted by Gasteiger charge is 2.20. The summed E-state index contributed by atoms with van der Waals surface area (Å²) in [5, 5.41) is 7.81. The van der Waals surface area contributed by atoms with Crippen molar-refractivity contribution in [2.45, 2.75) is 33.4 Å². The zero-order valence-corrected chi connectivity index (χ0v) is 17.3. The van der Waals surface area contributed by atoms with E-state index in [-0.39, 0.29) is 35.7 Å². The first-order valence-electron chi connectivity index (χ1n) is 9.87. The number of esters is 1. The SMILES string of the molecule is CC(C)C(C)NC(=O)COC(=O)c1nn(Cc2ccccc2)c(=O)c2ccccc12. The van der Waals surface area contributed by atoms with Crippen molar-refractivity contribution in [2.75, 3.05) is 6.61 Å². The van der Waals surface area contributed by atoms with Gasteiger partial charge in [-0.2, -0.15) is 5.10 Å². The Morgan fingerprint density at radius 3 is 2.30 bits per heavy atom. The highest BCUT2D eigenvalue weighted by Crippen LogP contribution is 2.15. The number of aromatic nitrogens is 2. The van der Waals surface area contributed by atoms with Crippen molar-refractivity contribution >= 4 is 22.6 Å². The van der Waals surface area contributed by atoms with Gasteiger partial charge in [0.1, 0.15) is 0 Å². The number of hydrogen-bond acceptors (Lipinski definition) is 5. The molecule has 1 atom stereocenters. The first-order valence-corrected chi connectivity index (χ1v) is 9.87. The van der Waals surface area contributed by atoms with Crippen LogP contribution in [0.25, 0.3) is 10.8 Å². The lowest BCUT2D eigenvalue weighted by atomic mass is 10.1. The molecule has 0 radical (unpaired) electrons. The minimum atomic E-state index is -0.750. The molecule has 2 aromatic carbocycles. The van der Waals surface area contributed by atoms with E-state index in [1.807, 2.05) is 51.1 Å². The van der Waals surface area contributed by atoms with Crippen LogP contribution >= 0.6 is 0 Å². The molecule has 1 amide bonds. The number of ether oxygens (including phenoxy) is 1. The second-order valence-electron chi connectivity index (χ2n) is 7.52. The molecule has 0 saturated heterocycles. The van der Waals surface area contributed by atoms with Crippen LogP contribution in [0.1, 0.15) is 36.8 Å². The number of carbonyl (C=O) groups excluding carboxylic acids is 2. The zero-order chi connectivity index (χ0) is 21.7. The van der Waals surface area contributed by atoms with Crippen molar-refractivity contribution in [2.24, 2.45) is 5.92 Å². The quantitative estimate of drug-likeness (QED) is 0.608. The van der Waals surface area contributed by atoms with Gasteiger partial charge in [0, 0.05) is 11.4 Å². The molecule has 0 aliphatic rings. The largest absolute Gasteiger partial charge is 0.451 e. The van der Waals surface area contributed by atoms with Gasteiger partial charge >= 0.3 is 5.97 Å². The third-order valence-electron chi connectivity index (χ3n) is 4.96. The molecule has 1 N–H and O–H groups in total. The molecule has 156 valence electrons. The lowest BCUT2D eigenvalue weighted by Crippen LogP contribution is -2.38. The Morgan fingerprint density at radius 1 is 1.00 bits per heavy atom. The van der Waals surface area contributed by atoms with Crippen molar-refractivity contribution < 1.29 is 14.3 Å². The molecule has 7 nitrogen and oxygen atoms in total. The van der Waals surface area contributed by atoms with Crippen molar-refractivity contribution in [1.29, 1.82) is 0 Å². The molecular weight excluding hydrogens is 382 g/mol. The summed E-state index contributed by atoms with van der Waals surface area (Å²) in [7, 11) is 0. The molecule has 30 heavy (non-hydrogen) atoms. The topological polar surface area (TPSA) is 90.3 Å². The van der Waals surface area contributed by atoms with Crippen molar-refractivity contribution in [3.05, 3.63) is 76.2 Å². The predicted octanol–water partition coefficient (Wildman–Crippen LogP) is 2.76. The maximum Gasteiger partial charge on any atom is 0.359 e. The number of fused-ring (bicyclic) bond motifs is 1. The van der Waals surface area contributed by atoms with Gasteiger partial charge in [0.15, 0.2) is 12.3 Å². The molecule has 0 saturated carbocycles. The smallest absolute Gasteiger partial charge is 0.359 e. The molecule has 1 unspecified atom stereocenters. The highest BCUT2D eigenvalue weighted by molar-refractivity contribution is 6.02. The number of hydrogen-bond donors (Lipinski definition) is 1. The first kappa shape index (κ1) is 21.2. The van der Waals surface area contributed by atoms with Crippen LogP contribution in [0, 0.1) is 5.92 Å². The van der Waals surface area contributed by atoms with Crippen LogP contribution in [0.5, 0.6) is 0 Å². The number of benzene rings is 2. The maximum atomic E-state index is 12.8. The van der Waals surface area contributed by atoms with E-state index in [4.69, 9.17) is 4.74 Å². The Labute approximate surface area is 174 Å². The Morgan fingerprint density at radius 2 is 1.63 bits per heavy atom. The van der Waals surface area contributed by atoms with Gasteiger partial charge in [0.05, 0.1) is 11.9 Å². The lowest BCUT2D eigenvalue weighted by molar-refractivity contribution is -0.125. The fraction of sp³-hybridized carbons (Fsp3) is 0.304. The van der Waals surface area contributed by atoms with E-state index in [1.165, 1.54) is 4.68 Å². The molecule has 0 fully saturated rings. The van der Waals surface area contributed by atoms with Crippen molar-refractivity contribution in [1.82, 2.24) is 15.1 Å². The Hall–Kier alpha value is -3.48. The van der Waals surface area contributed by atoms with Crippen LogP contribution in [0.4, 0.5) is 0 Å². The highest BCUT2D eigenvalue weighted by atomic mass is 16.5. The Kier molecular flexibility index (Phi) is 6.61. The molecular formula is C23H25N3O4. The van der Waals surface area contributed by atoms with Gasteiger partial charge in [0.25, 0.3) is 11.5 Å². The van der Waals surface area contributed by atoms with Crippen molar-refractivity contribution in [3.63, 3.8) is 0 Å². The van der Waals surface area contributed by atoms with E-state index in [1.54, 1.807) is 24.3 Å². The van der Waals surface area contributed by atoms with E-state index in [9.17, 15) is 14.4 Å². The molecule has 0 spiro atoms. The molecule has 0 bridgehead atoms. The predicted molar refractivity (Wildman–Crippen MR) is 114 cm³/mol. The van der Waals surface area contributed by atoms with Gasteiger partial charge in [-0.25, -0.2) is 9.48 Å². The van der Waals surface area contributed by atoms with Gasteiger partial charge in [-0.05, 0) is 24.5 Å². The summed E-state index contributed by atoms with van der Waals surface area (Å²) in [5.41, 5.74) is 0.587. The van der Waals surface area contributed by atoms with Crippen LogP contribution in [-0.4, -0.2) is 34.3 Å². The maximum absolute atomic E-state index is 12.8. The van der Waals surface area contributed by atoms with Crippen LogP contribution in [-0.2, 0) is 16.1 Å². The third-order valence-corrected chi connectivity index (χ3v) is 4.96. The molecule has 7 heteroatoms. The summed E-state index contributed by atoms with van der Waals surface area (Å²) >= 11 is 0. The summed E-state index contributed by atoms with van der Waals surface area (Å²) in [4.78, 5) is 37.6. The monoisotopic (exact) mass is 407 g/mol. The van der Waals surface area contributed by atoms with Gasteiger partial charge < -0.3 is 10.1 Å². The Balaban J connectivity index is 1.87. The molecule has 1 aromatic heterocycles. The zero-order valence-electron chi connectivity index (χ0n) is 17.3. The van der Waals surface area contributed by atoms with Gasteiger partial charge in [-0.15, -0.1) is 0 Å². The summed E-state index contributed by atoms with van der Waals surface area (Å²) in [5.74, 6) is -0.872. The summed E-state index contributed by atoms with van der Waals surface area (Å²) < 4.78 is 6.44. The Bertz CT molecular complexity index is 1110. The van der Waals surface area contributed by atoms with Gasteiger partial charge in [0.2, 0.25) is 0 Å². The third kappa shape index (κ3) is 4.92. The molecule has 3 rings (SSSR count). The number of amides is 1. The van der Waals surface area contributed by atoms with Crippen LogP contribution in [0.15, 0.2) is 59.4 Å².